The Labute approximate surface area is 157 Å². The Morgan fingerprint density at radius 3 is 2.41 bits per heavy atom. The first-order chi connectivity index (χ1) is 13.0. The van der Waals surface area contributed by atoms with Gasteiger partial charge in [0.2, 0.25) is 0 Å². The maximum Gasteiger partial charge on any atom is 0.310 e. The molecule has 0 aliphatic rings. The van der Waals surface area contributed by atoms with Gasteiger partial charge >= 0.3 is 5.97 Å². The van der Waals surface area contributed by atoms with Crippen LogP contribution in [0.3, 0.4) is 0 Å². The molecule has 0 bridgehead atoms. The molecule has 2 aromatic rings. The van der Waals surface area contributed by atoms with Gasteiger partial charge in [0.1, 0.15) is 5.82 Å². The molecule has 0 saturated heterocycles. The third-order valence-electron chi connectivity index (χ3n) is 3.48. The van der Waals surface area contributed by atoms with E-state index in [4.69, 9.17) is 14.2 Å². The smallest absolute Gasteiger partial charge is 0.310 e. The summed E-state index contributed by atoms with van der Waals surface area (Å²) in [6, 6.07) is 10.9. The number of benzene rings is 2. The number of rotatable bonds is 9. The molecule has 0 saturated carbocycles. The summed E-state index contributed by atoms with van der Waals surface area (Å²) < 4.78 is 29.4. The summed E-state index contributed by atoms with van der Waals surface area (Å²) in [7, 11) is 0. The minimum atomic E-state index is -0.683. The van der Waals surface area contributed by atoms with Crippen molar-refractivity contribution in [1.82, 2.24) is 0 Å². The van der Waals surface area contributed by atoms with Crippen LogP contribution in [0.4, 0.5) is 10.1 Å². The predicted molar refractivity (Wildman–Crippen MR) is 98.5 cm³/mol. The van der Waals surface area contributed by atoms with Gasteiger partial charge in [0, 0.05) is 11.8 Å². The zero-order valence-corrected chi connectivity index (χ0v) is 15.3. The lowest BCUT2D eigenvalue weighted by Gasteiger charge is -2.13. The first-order valence-electron chi connectivity index (χ1n) is 8.62. The normalized spacial score (nSPS) is 10.2. The van der Waals surface area contributed by atoms with E-state index in [2.05, 4.69) is 5.32 Å². The van der Waals surface area contributed by atoms with Crippen molar-refractivity contribution in [1.29, 1.82) is 0 Å². The molecule has 0 radical (unpaired) electrons. The number of hydrogen-bond donors (Lipinski definition) is 1. The van der Waals surface area contributed by atoms with Crippen LogP contribution in [0.1, 0.15) is 19.4 Å². The van der Waals surface area contributed by atoms with Crippen molar-refractivity contribution < 1.29 is 28.2 Å². The molecule has 2 aromatic carbocycles. The maximum absolute atomic E-state index is 13.5. The molecule has 0 aliphatic carbocycles. The molecular formula is C20H22FNO5. The minimum Gasteiger partial charge on any atom is -0.490 e. The van der Waals surface area contributed by atoms with Gasteiger partial charge in [-0.25, -0.2) is 4.39 Å². The average Bonchev–Trinajstić information content (AvgIpc) is 2.64. The molecule has 0 spiro atoms. The fraction of sp³-hybridized carbons (Fsp3) is 0.300. The molecule has 27 heavy (non-hydrogen) atoms. The molecule has 1 N–H and O–H groups in total. The molecule has 0 aliphatic heterocycles. The van der Waals surface area contributed by atoms with Crippen molar-refractivity contribution in [3.63, 3.8) is 0 Å². The van der Waals surface area contributed by atoms with Crippen molar-refractivity contribution in [2.75, 3.05) is 25.1 Å². The maximum atomic E-state index is 13.5. The number of ether oxygens (including phenoxy) is 3. The van der Waals surface area contributed by atoms with Crippen molar-refractivity contribution in [3.05, 3.63) is 53.8 Å². The van der Waals surface area contributed by atoms with Gasteiger partial charge in [-0.3, -0.25) is 9.59 Å². The first kappa shape index (κ1) is 20.2. The monoisotopic (exact) mass is 375 g/mol. The lowest BCUT2D eigenvalue weighted by Crippen LogP contribution is -2.21. The Balaban J connectivity index is 1.88. The quantitative estimate of drug-likeness (QED) is 0.681. The number of esters is 1. The molecule has 0 heterocycles. The van der Waals surface area contributed by atoms with E-state index in [0.717, 1.165) is 0 Å². The third kappa shape index (κ3) is 6.29. The predicted octanol–water partition coefficient (Wildman–Crippen LogP) is 3.35. The third-order valence-corrected chi connectivity index (χ3v) is 3.48. The fourth-order valence-electron chi connectivity index (χ4n) is 2.32. The Kier molecular flexibility index (Phi) is 7.61. The van der Waals surface area contributed by atoms with Crippen LogP contribution in [-0.2, 0) is 20.7 Å². The van der Waals surface area contributed by atoms with Gasteiger partial charge in [-0.05, 0) is 37.6 Å². The Hall–Kier alpha value is -3.09. The van der Waals surface area contributed by atoms with Crippen LogP contribution < -0.4 is 14.8 Å². The summed E-state index contributed by atoms with van der Waals surface area (Å²) >= 11 is 0. The zero-order chi connectivity index (χ0) is 19.6. The Bertz CT molecular complexity index is 794. The van der Waals surface area contributed by atoms with Gasteiger partial charge in [0.15, 0.2) is 18.1 Å². The Morgan fingerprint density at radius 2 is 1.70 bits per heavy atom. The zero-order valence-electron chi connectivity index (χ0n) is 15.3. The van der Waals surface area contributed by atoms with Gasteiger partial charge in [-0.2, -0.15) is 0 Å². The summed E-state index contributed by atoms with van der Waals surface area (Å²) in [5.74, 6) is -0.598. The highest BCUT2D eigenvalue weighted by Gasteiger charge is 2.12. The molecule has 0 fully saturated rings. The van der Waals surface area contributed by atoms with Crippen LogP contribution in [0.5, 0.6) is 11.5 Å². The fourth-order valence-corrected chi connectivity index (χ4v) is 2.32. The standard InChI is InChI=1S/C20H22FNO5/c1-3-25-17-10-9-15(12-18(17)26-4-2)22-19(23)13-27-20(24)11-14-7-5-6-8-16(14)21/h5-10,12H,3-4,11,13H2,1-2H3,(H,22,23). The molecule has 0 aromatic heterocycles. The second kappa shape index (κ2) is 10.2. The molecule has 0 unspecified atom stereocenters. The second-order valence-electron chi connectivity index (χ2n) is 5.50. The van der Waals surface area contributed by atoms with Crippen LogP contribution in [-0.4, -0.2) is 31.7 Å². The second-order valence-corrected chi connectivity index (χ2v) is 5.50. The lowest BCUT2D eigenvalue weighted by molar-refractivity contribution is -0.146. The summed E-state index contributed by atoms with van der Waals surface area (Å²) in [4.78, 5) is 23.8. The number of anilines is 1. The number of amides is 1. The van der Waals surface area contributed by atoms with E-state index in [1.807, 2.05) is 13.8 Å². The van der Waals surface area contributed by atoms with E-state index >= 15 is 0 Å². The number of hydrogen-bond acceptors (Lipinski definition) is 5. The van der Waals surface area contributed by atoms with Crippen molar-refractivity contribution in [2.45, 2.75) is 20.3 Å². The summed E-state index contributed by atoms with van der Waals surface area (Å²) in [5, 5.41) is 2.61. The van der Waals surface area contributed by atoms with Gasteiger partial charge in [0.25, 0.3) is 5.91 Å². The number of carbonyl (C=O) groups excluding carboxylic acids is 2. The highest BCUT2D eigenvalue weighted by atomic mass is 19.1. The molecule has 2 rings (SSSR count). The number of nitrogens with one attached hydrogen (secondary N) is 1. The van der Waals surface area contributed by atoms with E-state index in [-0.39, 0.29) is 12.0 Å². The summed E-state index contributed by atoms with van der Waals surface area (Å²) in [5.41, 5.74) is 0.702. The first-order valence-corrected chi connectivity index (χ1v) is 8.62. The van der Waals surface area contributed by atoms with Crippen LogP contribution in [0.25, 0.3) is 0 Å². The molecule has 6 nitrogen and oxygen atoms in total. The average molecular weight is 375 g/mol. The van der Waals surface area contributed by atoms with Gasteiger partial charge < -0.3 is 19.5 Å². The van der Waals surface area contributed by atoms with Crippen LogP contribution in [0.15, 0.2) is 42.5 Å². The van der Waals surface area contributed by atoms with E-state index in [9.17, 15) is 14.0 Å². The topological polar surface area (TPSA) is 73.9 Å². The number of carbonyl (C=O) groups is 2. The van der Waals surface area contributed by atoms with Crippen LogP contribution in [0, 0.1) is 5.82 Å². The van der Waals surface area contributed by atoms with Crippen molar-refractivity contribution >= 4 is 17.6 Å². The number of halogens is 1. The van der Waals surface area contributed by atoms with E-state index in [0.29, 0.717) is 30.4 Å². The van der Waals surface area contributed by atoms with Crippen LogP contribution >= 0.6 is 0 Å². The van der Waals surface area contributed by atoms with Crippen molar-refractivity contribution in [2.24, 2.45) is 0 Å². The molecule has 0 atom stereocenters. The molecular weight excluding hydrogens is 353 g/mol. The SMILES string of the molecule is CCOc1ccc(NC(=O)COC(=O)Cc2ccccc2F)cc1OCC. The minimum absolute atomic E-state index is 0.218. The molecule has 1 amide bonds. The summed E-state index contributed by atoms with van der Waals surface area (Å²) in [6.07, 6.45) is -0.239. The van der Waals surface area contributed by atoms with Gasteiger partial charge in [-0.15, -0.1) is 0 Å². The highest BCUT2D eigenvalue weighted by molar-refractivity contribution is 5.93. The van der Waals surface area contributed by atoms with Crippen molar-refractivity contribution in [3.8, 4) is 11.5 Å². The van der Waals surface area contributed by atoms with E-state index in [1.165, 1.54) is 18.2 Å². The largest absolute Gasteiger partial charge is 0.490 e. The molecule has 144 valence electrons. The molecule has 7 heteroatoms. The Morgan fingerprint density at radius 1 is 1.00 bits per heavy atom. The summed E-state index contributed by atoms with van der Waals surface area (Å²) in [6.45, 7) is 4.18. The lowest BCUT2D eigenvalue weighted by atomic mass is 10.1. The van der Waals surface area contributed by atoms with E-state index < -0.39 is 24.3 Å². The van der Waals surface area contributed by atoms with E-state index in [1.54, 1.807) is 24.3 Å². The van der Waals surface area contributed by atoms with Crippen LogP contribution in [0.2, 0.25) is 0 Å². The van der Waals surface area contributed by atoms with Gasteiger partial charge in [0.05, 0.1) is 19.6 Å². The van der Waals surface area contributed by atoms with Gasteiger partial charge in [-0.1, -0.05) is 18.2 Å². The highest BCUT2D eigenvalue weighted by Crippen LogP contribution is 2.30.